The Hall–Kier alpha value is -0.833. The van der Waals surface area contributed by atoms with Crippen LogP contribution in [0.15, 0.2) is 24.4 Å². The fraction of sp³-hybridized carbons (Fsp3) is 0.615. The molecular formula is C13H24N2Si. The summed E-state index contributed by atoms with van der Waals surface area (Å²) in [5.41, 5.74) is 6.34. The van der Waals surface area contributed by atoms with Crippen LogP contribution in [0.25, 0.3) is 0 Å². The van der Waals surface area contributed by atoms with E-state index < -0.39 is 8.07 Å². The second-order valence-corrected chi connectivity index (χ2v) is 10.9. The fourth-order valence-electron chi connectivity index (χ4n) is 2.04. The zero-order valence-corrected chi connectivity index (χ0v) is 11.7. The molecule has 1 fully saturated rings. The van der Waals surface area contributed by atoms with Gasteiger partial charge in [0.25, 0.3) is 0 Å². The van der Waals surface area contributed by atoms with E-state index in [-0.39, 0.29) is 0 Å². The van der Waals surface area contributed by atoms with Gasteiger partial charge in [0.15, 0.2) is 0 Å². The summed E-state index contributed by atoms with van der Waals surface area (Å²) in [6.07, 6.45) is 6.19. The van der Waals surface area contributed by atoms with Crippen molar-refractivity contribution in [2.24, 2.45) is 0 Å². The standard InChI is InChI=1S/C8H18Si.C5H6N2/c1-8-6-4-5-7-9(8,2)3;6-5-3-1-2-4-7-5/h8H,4-7H2,1-3H3;1-4H,(H2,6,7). The van der Waals surface area contributed by atoms with Crippen molar-refractivity contribution < 1.29 is 0 Å². The monoisotopic (exact) mass is 236 g/mol. The lowest BCUT2D eigenvalue weighted by Crippen LogP contribution is -2.33. The van der Waals surface area contributed by atoms with Crippen molar-refractivity contribution in [2.45, 2.75) is 50.9 Å². The Labute approximate surface area is 100 Å². The minimum atomic E-state index is -0.694. The van der Waals surface area contributed by atoms with Gasteiger partial charge in [-0.1, -0.05) is 51.4 Å². The van der Waals surface area contributed by atoms with Crippen LogP contribution in [-0.2, 0) is 0 Å². The number of hydrogen-bond donors (Lipinski definition) is 1. The largest absolute Gasteiger partial charge is 0.384 e. The van der Waals surface area contributed by atoms with Crippen molar-refractivity contribution in [2.75, 3.05) is 5.73 Å². The minimum absolute atomic E-state index is 0.572. The van der Waals surface area contributed by atoms with Crippen LogP contribution in [0.5, 0.6) is 0 Å². The Bertz CT molecular complexity index is 298. The predicted octanol–water partition coefficient (Wildman–Crippen LogP) is 3.93. The van der Waals surface area contributed by atoms with E-state index in [1.54, 1.807) is 18.3 Å². The third-order valence-electron chi connectivity index (χ3n) is 3.73. The molecular weight excluding hydrogens is 212 g/mol. The lowest BCUT2D eigenvalue weighted by molar-refractivity contribution is 0.635. The van der Waals surface area contributed by atoms with Gasteiger partial charge >= 0.3 is 0 Å². The van der Waals surface area contributed by atoms with E-state index in [0.29, 0.717) is 5.82 Å². The Morgan fingerprint density at radius 1 is 1.31 bits per heavy atom. The highest BCUT2D eigenvalue weighted by molar-refractivity contribution is 6.78. The van der Waals surface area contributed by atoms with Gasteiger partial charge in [-0.3, -0.25) is 0 Å². The Morgan fingerprint density at radius 2 is 2.06 bits per heavy atom. The van der Waals surface area contributed by atoms with E-state index in [1.165, 1.54) is 19.3 Å². The molecule has 2 nitrogen and oxygen atoms in total. The Balaban J connectivity index is 0.000000165. The SMILES string of the molecule is CC1CCCC[Si]1(C)C.Nc1ccccn1. The highest BCUT2D eigenvalue weighted by Gasteiger charge is 2.30. The normalized spacial score (nSPS) is 23.1. The van der Waals surface area contributed by atoms with E-state index >= 15 is 0 Å². The van der Waals surface area contributed by atoms with Gasteiger partial charge in [-0.05, 0) is 17.7 Å². The topological polar surface area (TPSA) is 38.9 Å². The fourth-order valence-corrected chi connectivity index (χ4v) is 4.68. The summed E-state index contributed by atoms with van der Waals surface area (Å²) in [6, 6.07) is 7.01. The smallest absolute Gasteiger partial charge is 0.123 e. The molecule has 1 aromatic heterocycles. The van der Waals surface area contributed by atoms with Gasteiger partial charge in [-0.2, -0.15) is 0 Å². The predicted molar refractivity (Wildman–Crippen MR) is 74.2 cm³/mol. The molecule has 2 N–H and O–H groups in total. The van der Waals surface area contributed by atoms with Gasteiger partial charge < -0.3 is 5.73 Å². The molecule has 0 bridgehead atoms. The number of nitrogens with zero attached hydrogens (tertiary/aromatic N) is 1. The van der Waals surface area contributed by atoms with Gasteiger partial charge in [0, 0.05) is 6.20 Å². The van der Waals surface area contributed by atoms with Gasteiger partial charge in [0.05, 0.1) is 8.07 Å². The number of rotatable bonds is 0. The van der Waals surface area contributed by atoms with Crippen LogP contribution in [-0.4, -0.2) is 13.1 Å². The first kappa shape index (κ1) is 13.2. The van der Waals surface area contributed by atoms with Crippen molar-refractivity contribution in [3.63, 3.8) is 0 Å². The minimum Gasteiger partial charge on any atom is -0.384 e. The van der Waals surface area contributed by atoms with Gasteiger partial charge in [-0.25, -0.2) is 4.98 Å². The number of anilines is 1. The third kappa shape index (κ3) is 4.35. The van der Waals surface area contributed by atoms with Crippen LogP contribution in [0.3, 0.4) is 0 Å². The molecule has 3 heteroatoms. The molecule has 0 aliphatic carbocycles. The van der Waals surface area contributed by atoms with Crippen molar-refractivity contribution in [3.8, 4) is 0 Å². The van der Waals surface area contributed by atoms with Crippen LogP contribution in [0.4, 0.5) is 5.82 Å². The van der Waals surface area contributed by atoms with E-state index in [0.717, 1.165) is 5.54 Å². The van der Waals surface area contributed by atoms with Crippen LogP contribution in [0.1, 0.15) is 26.2 Å². The van der Waals surface area contributed by atoms with Crippen molar-refractivity contribution in [1.82, 2.24) is 4.98 Å². The molecule has 1 aliphatic rings. The molecule has 1 unspecified atom stereocenters. The first-order chi connectivity index (χ1) is 7.52. The highest BCUT2D eigenvalue weighted by atomic mass is 28.3. The second-order valence-electron chi connectivity index (χ2n) is 5.39. The van der Waals surface area contributed by atoms with E-state index in [9.17, 15) is 0 Å². The van der Waals surface area contributed by atoms with Crippen LogP contribution < -0.4 is 5.73 Å². The van der Waals surface area contributed by atoms with Gasteiger partial charge in [-0.15, -0.1) is 0 Å². The van der Waals surface area contributed by atoms with Crippen molar-refractivity contribution in [1.29, 1.82) is 0 Å². The first-order valence-corrected chi connectivity index (χ1v) is 9.47. The molecule has 0 aromatic carbocycles. The van der Waals surface area contributed by atoms with E-state index in [1.807, 2.05) is 12.1 Å². The lowest BCUT2D eigenvalue weighted by Gasteiger charge is -2.34. The molecule has 1 saturated heterocycles. The molecule has 0 saturated carbocycles. The van der Waals surface area contributed by atoms with E-state index in [4.69, 9.17) is 5.73 Å². The zero-order chi connectivity index (χ0) is 12.0. The summed E-state index contributed by atoms with van der Waals surface area (Å²) >= 11 is 0. The molecule has 1 aliphatic heterocycles. The molecule has 0 spiro atoms. The number of nitrogen functional groups attached to an aromatic ring is 1. The van der Waals surface area contributed by atoms with Crippen LogP contribution in [0, 0.1) is 0 Å². The molecule has 16 heavy (non-hydrogen) atoms. The van der Waals surface area contributed by atoms with E-state index in [2.05, 4.69) is 25.0 Å². The number of nitrogens with two attached hydrogens (primary N) is 1. The summed E-state index contributed by atoms with van der Waals surface area (Å²) in [4.78, 5) is 3.76. The van der Waals surface area contributed by atoms with Gasteiger partial charge in [0.2, 0.25) is 0 Å². The molecule has 90 valence electrons. The summed E-state index contributed by atoms with van der Waals surface area (Å²) in [6.45, 7) is 7.53. The maximum absolute atomic E-state index is 5.25. The maximum Gasteiger partial charge on any atom is 0.123 e. The van der Waals surface area contributed by atoms with Crippen molar-refractivity contribution in [3.05, 3.63) is 24.4 Å². The second kappa shape index (κ2) is 6.04. The average molecular weight is 236 g/mol. The summed E-state index contributed by atoms with van der Waals surface area (Å²) in [7, 11) is -0.694. The summed E-state index contributed by atoms with van der Waals surface area (Å²) < 4.78 is 0. The zero-order valence-electron chi connectivity index (χ0n) is 10.7. The summed E-state index contributed by atoms with van der Waals surface area (Å²) in [5.74, 6) is 0.572. The lowest BCUT2D eigenvalue weighted by atomic mass is 10.2. The molecule has 1 atom stereocenters. The summed E-state index contributed by atoms with van der Waals surface area (Å²) in [5, 5.41) is 0. The quantitative estimate of drug-likeness (QED) is 0.693. The van der Waals surface area contributed by atoms with Crippen molar-refractivity contribution >= 4 is 13.9 Å². The average Bonchev–Trinajstić information content (AvgIpc) is 2.24. The molecule has 0 amide bonds. The number of hydrogen-bond acceptors (Lipinski definition) is 2. The molecule has 1 aromatic rings. The Morgan fingerprint density at radius 3 is 2.38 bits per heavy atom. The number of aromatic nitrogens is 1. The highest BCUT2D eigenvalue weighted by Crippen LogP contribution is 2.36. The third-order valence-corrected chi connectivity index (χ3v) is 8.33. The molecule has 0 radical (unpaired) electrons. The Kier molecular flexibility index (Phi) is 4.99. The maximum atomic E-state index is 5.25. The first-order valence-electron chi connectivity index (χ1n) is 6.19. The number of pyridine rings is 1. The van der Waals surface area contributed by atoms with Crippen LogP contribution in [0.2, 0.25) is 24.7 Å². The molecule has 2 heterocycles. The van der Waals surface area contributed by atoms with Gasteiger partial charge in [0.1, 0.15) is 5.82 Å². The van der Waals surface area contributed by atoms with Crippen LogP contribution >= 0.6 is 0 Å². The molecule has 2 rings (SSSR count).